The Bertz CT molecular complexity index is 897. The molecule has 2 aromatic rings. The van der Waals surface area contributed by atoms with E-state index in [0.717, 1.165) is 5.56 Å². The lowest BCUT2D eigenvalue weighted by molar-refractivity contribution is 0.360. The third kappa shape index (κ3) is 5.88. The van der Waals surface area contributed by atoms with Crippen LogP contribution in [0.3, 0.4) is 0 Å². The molecule has 0 amide bonds. The van der Waals surface area contributed by atoms with Crippen LogP contribution in [0.1, 0.15) is 11.1 Å². The number of halogens is 2. The van der Waals surface area contributed by atoms with Gasteiger partial charge in [0.25, 0.3) is 10.0 Å². The van der Waals surface area contributed by atoms with E-state index in [1.807, 2.05) is 6.92 Å². The predicted octanol–water partition coefficient (Wildman–Crippen LogP) is 4.25. The van der Waals surface area contributed by atoms with E-state index in [1.54, 1.807) is 30.3 Å². The van der Waals surface area contributed by atoms with Gasteiger partial charge in [-0.25, -0.2) is 4.83 Å². The number of benzene rings is 2. The number of nitrogens with zero attached hydrogens (tertiary/aromatic N) is 1. The fraction of sp³-hybridized carbons (Fsp3) is 0.118. The number of hydrogen-bond acceptors (Lipinski definition) is 4. The Morgan fingerprint density at radius 2 is 2.00 bits per heavy atom. The fourth-order valence-corrected chi connectivity index (χ4v) is 2.93. The summed E-state index contributed by atoms with van der Waals surface area (Å²) >= 11 is 9.19. The zero-order chi connectivity index (χ0) is 18.4. The molecular weight excluding hydrogens is 428 g/mol. The summed E-state index contributed by atoms with van der Waals surface area (Å²) < 4.78 is 30.6. The van der Waals surface area contributed by atoms with Gasteiger partial charge in [-0.1, -0.05) is 51.8 Å². The minimum atomic E-state index is -3.74. The summed E-state index contributed by atoms with van der Waals surface area (Å²) in [4.78, 5) is 2.30. The Morgan fingerprint density at radius 3 is 2.64 bits per heavy atom. The van der Waals surface area contributed by atoms with Gasteiger partial charge in [0.1, 0.15) is 12.4 Å². The minimum Gasteiger partial charge on any atom is -0.488 e. The van der Waals surface area contributed by atoms with E-state index in [9.17, 15) is 8.42 Å². The molecule has 0 spiro atoms. The Morgan fingerprint density at radius 1 is 1.32 bits per heavy atom. The first-order chi connectivity index (χ1) is 11.8. The SMILES string of the molecule is C=C(Br)COc1ccc(Cl)cc1/C=N/NS(=O)(=O)c1ccc(C)cc1. The zero-order valence-corrected chi connectivity index (χ0v) is 16.5. The standard InChI is InChI=1S/C17H16BrClN2O3S/c1-12-3-6-16(7-4-12)25(22,23)21-20-10-14-9-15(19)5-8-17(14)24-11-13(2)18/h3-10,21H,2,11H2,1H3/b20-10+. The topological polar surface area (TPSA) is 67.8 Å². The summed E-state index contributed by atoms with van der Waals surface area (Å²) in [7, 11) is -3.74. The van der Waals surface area contributed by atoms with E-state index in [-0.39, 0.29) is 11.5 Å². The second-order valence-electron chi connectivity index (χ2n) is 5.15. The maximum absolute atomic E-state index is 12.2. The molecule has 2 rings (SSSR count). The van der Waals surface area contributed by atoms with Gasteiger partial charge in [0.15, 0.2) is 0 Å². The average molecular weight is 444 g/mol. The molecular formula is C17H16BrClN2O3S. The summed E-state index contributed by atoms with van der Waals surface area (Å²) in [5.41, 5.74) is 1.50. The molecule has 8 heteroatoms. The summed E-state index contributed by atoms with van der Waals surface area (Å²) in [5, 5.41) is 4.28. The highest BCUT2D eigenvalue weighted by Gasteiger charge is 2.12. The molecule has 0 aromatic heterocycles. The largest absolute Gasteiger partial charge is 0.488 e. The van der Waals surface area contributed by atoms with Crippen molar-refractivity contribution in [3.05, 3.63) is 69.7 Å². The van der Waals surface area contributed by atoms with Crippen LogP contribution < -0.4 is 9.57 Å². The number of rotatable bonds is 7. The van der Waals surface area contributed by atoms with Gasteiger partial charge in [-0.05, 0) is 37.3 Å². The normalized spacial score (nSPS) is 11.5. The van der Waals surface area contributed by atoms with E-state index in [2.05, 4.69) is 32.4 Å². The van der Waals surface area contributed by atoms with Crippen molar-refractivity contribution in [3.8, 4) is 5.75 Å². The van der Waals surface area contributed by atoms with Gasteiger partial charge in [0.05, 0.1) is 11.1 Å². The Labute approximate surface area is 160 Å². The van der Waals surface area contributed by atoms with Crippen LogP contribution in [-0.2, 0) is 10.0 Å². The number of nitrogens with one attached hydrogen (secondary N) is 1. The fourth-order valence-electron chi connectivity index (χ4n) is 1.84. The second kappa shape index (κ2) is 8.51. The molecule has 0 saturated carbocycles. The molecule has 0 fully saturated rings. The molecule has 25 heavy (non-hydrogen) atoms. The van der Waals surface area contributed by atoms with Gasteiger partial charge in [0, 0.05) is 15.1 Å². The van der Waals surface area contributed by atoms with Gasteiger partial charge in [-0.3, -0.25) is 0 Å². The van der Waals surface area contributed by atoms with Gasteiger partial charge in [-0.2, -0.15) is 13.5 Å². The van der Waals surface area contributed by atoms with Crippen LogP contribution in [0.25, 0.3) is 0 Å². The molecule has 2 aromatic carbocycles. The van der Waals surface area contributed by atoms with Gasteiger partial charge >= 0.3 is 0 Å². The molecule has 0 aliphatic rings. The second-order valence-corrected chi connectivity index (χ2v) is 8.37. The highest BCUT2D eigenvalue weighted by Crippen LogP contribution is 2.22. The molecule has 5 nitrogen and oxygen atoms in total. The van der Waals surface area contributed by atoms with E-state index in [0.29, 0.717) is 20.8 Å². The number of hydrogen-bond donors (Lipinski definition) is 1. The van der Waals surface area contributed by atoms with Crippen LogP contribution in [0.4, 0.5) is 0 Å². The highest BCUT2D eigenvalue weighted by molar-refractivity contribution is 9.11. The number of sulfonamides is 1. The molecule has 0 unspecified atom stereocenters. The summed E-state index contributed by atoms with van der Waals surface area (Å²) in [5.74, 6) is 0.503. The molecule has 0 heterocycles. The number of ether oxygens (including phenoxy) is 1. The molecule has 0 aliphatic carbocycles. The lowest BCUT2D eigenvalue weighted by atomic mass is 10.2. The lowest BCUT2D eigenvalue weighted by Gasteiger charge is -2.09. The van der Waals surface area contributed by atoms with Crippen LogP contribution >= 0.6 is 27.5 Å². The third-order valence-corrected chi connectivity index (χ3v) is 4.77. The zero-order valence-electron chi connectivity index (χ0n) is 13.4. The van der Waals surface area contributed by atoms with Crippen molar-refractivity contribution in [1.29, 1.82) is 0 Å². The number of aryl methyl sites for hydroxylation is 1. The van der Waals surface area contributed by atoms with Crippen LogP contribution in [-0.4, -0.2) is 21.2 Å². The Kier molecular flexibility index (Phi) is 6.64. The average Bonchev–Trinajstić information content (AvgIpc) is 2.54. The van der Waals surface area contributed by atoms with E-state index in [4.69, 9.17) is 16.3 Å². The Hall–Kier alpha value is -1.83. The van der Waals surface area contributed by atoms with Crippen molar-refractivity contribution < 1.29 is 13.2 Å². The molecule has 0 radical (unpaired) electrons. The first-order valence-electron chi connectivity index (χ1n) is 7.15. The third-order valence-electron chi connectivity index (χ3n) is 3.06. The van der Waals surface area contributed by atoms with Crippen molar-refractivity contribution in [2.45, 2.75) is 11.8 Å². The maximum atomic E-state index is 12.2. The van der Waals surface area contributed by atoms with Crippen LogP contribution in [0.2, 0.25) is 5.02 Å². The maximum Gasteiger partial charge on any atom is 0.276 e. The smallest absolute Gasteiger partial charge is 0.276 e. The monoisotopic (exact) mass is 442 g/mol. The minimum absolute atomic E-state index is 0.133. The van der Waals surface area contributed by atoms with Crippen molar-refractivity contribution >= 4 is 43.8 Å². The van der Waals surface area contributed by atoms with Crippen molar-refractivity contribution in [1.82, 2.24) is 4.83 Å². The number of hydrazone groups is 1. The van der Waals surface area contributed by atoms with Crippen molar-refractivity contribution in [2.24, 2.45) is 5.10 Å². The van der Waals surface area contributed by atoms with Crippen LogP contribution in [0.15, 0.2) is 63.5 Å². The van der Waals surface area contributed by atoms with Gasteiger partial charge in [-0.15, -0.1) is 0 Å². The van der Waals surface area contributed by atoms with Crippen molar-refractivity contribution in [3.63, 3.8) is 0 Å². The van der Waals surface area contributed by atoms with Crippen LogP contribution in [0.5, 0.6) is 5.75 Å². The lowest BCUT2D eigenvalue weighted by Crippen LogP contribution is -2.18. The molecule has 0 aliphatic heterocycles. The van der Waals surface area contributed by atoms with Gasteiger partial charge in [0.2, 0.25) is 0 Å². The van der Waals surface area contributed by atoms with E-state index in [1.165, 1.54) is 18.3 Å². The first kappa shape index (κ1) is 19.5. The quantitative estimate of drug-likeness (QED) is 0.514. The summed E-state index contributed by atoms with van der Waals surface area (Å²) in [6.45, 7) is 5.83. The van der Waals surface area contributed by atoms with E-state index >= 15 is 0 Å². The molecule has 1 N–H and O–H groups in total. The Balaban J connectivity index is 2.17. The van der Waals surface area contributed by atoms with Gasteiger partial charge < -0.3 is 4.74 Å². The summed E-state index contributed by atoms with van der Waals surface area (Å²) in [6.07, 6.45) is 1.34. The van der Waals surface area contributed by atoms with Crippen LogP contribution in [0, 0.1) is 6.92 Å². The van der Waals surface area contributed by atoms with Crippen molar-refractivity contribution in [2.75, 3.05) is 6.61 Å². The highest BCUT2D eigenvalue weighted by atomic mass is 79.9. The molecule has 0 atom stereocenters. The molecule has 132 valence electrons. The van der Waals surface area contributed by atoms with E-state index < -0.39 is 10.0 Å². The molecule has 0 bridgehead atoms. The molecule has 0 saturated heterocycles. The summed E-state index contributed by atoms with van der Waals surface area (Å²) in [6, 6.07) is 11.4. The first-order valence-corrected chi connectivity index (χ1v) is 9.80. The predicted molar refractivity (Wildman–Crippen MR) is 104 cm³/mol.